The van der Waals surface area contributed by atoms with Crippen molar-refractivity contribution in [2.24, 2.45) is 0 Å². The highest BCUT2D eigenvalue weighted by atomic mass is 79.9. The molecule has 3 nitrogen and oxygen atoms in total. The molecule has 0 heterocycles. The number of allylic oxidation sites excluding steroid dienone is 1. The van der Waals surface area contributed by atoms with Crippen molar-refractivity contribution < 1.29 is 4.74 Å². The van der Waals surface area contributed by atoms with Crippen molar-refractivity contribution in [1.82, 2.24) is 0 Å². The van der Waals surface area contributed by atoms with Crippen LogP contribution in [0.25, 0.3) is 11.6 Å². The molecule has 102 valence electrons. The van der Waals surface area contributed by atoms with Gasteiger partial charge in [-0.3, -0.25) is 0 Å². The number of rotatable bonds is 3. The van der Waals surface area contributed by atoms with E-state index in [4.69, 9.17) is 10.00 Å². The Morgan fingerprint density at radius 2 is 2.00 bits per heavy atom. The molecule has 0 saturated heterocycles. The summed E-state index contributed by atoms with van der Waals surface area (Å²) in [5.41, 5.74) is 2.64. The van der Waals surface area contributed by atoms with Crippen molar-refractivity contribution in [2.45, 2.75) is 0 Å². The van der Waals surface area contributed by atoms with Gasteiger partial charge in [-0.25, -0.2) is 0 Å². The summed E-state index contributed by atoms with van der Waals surface area (Å²) in [6.45, 7) is 0. The summed E-state index contributed by atoms with van der Waals surface area (Å²) in [6, 6.07) is 16.8. The maximum Gasteiger partial charge on any atom is 0.133 e. The Labute approximate surface area is 131 Å². The van der Waals surface area contributed by atoms with Gasteiger partial charge in [-0.15, -0.1) is 0 Å². The average Bonchev–Trinajstić information content (AvgIpc) is 2.52. The van der Waals surface area contributed by atoms with Crippen LogP contribution in [0.5, 0.6) is 5.75 Å². The Balaban J connectivity index is 2.44. The highest BCUT2D eigenvalue weighted by Crippen LogP contribution is 2.27. The van der Waals surface area contributed by atoms with Crippen molar-refractivity contribution in [3.8, 4) is 17.9 Å². The monoisotopic (exact) mass is 338 g/mol. The number of hydrogen-bond acceptors (Lipinski definition) is 3. The van der Waals surface area contributed by atoms with Gasteiger partial charge in [0, 0.05) is 0 Å². The summed E-state index contributed by atoms with van der Waals surface area (Å²) >= 11 is 3.42. The van der Waals surface area contributed by atoms with Gasteiger partial charge in [0.05, 0.1) is 34.9 Å². The molecule has 0 aliphatic heterocycles. The lowest BCUT2D eigenvalue weighted by atomic mass is 10.0. The number of nitriles is 2. The number of hydrogen-bond donors (Lipinski definition) is 0. The Bertz CT molecular complexity index is 782. The fourth-order valence-corrected chi connectivity index (χ4v) is 2.43. The van der Waals surface area contributed by atoms with E-state index in [0.29, 0.717) is 11.1 Å². The number of halogens is 1. The van der Waals surface area contributed by atoms with Gasteiger partial charge in [0.1, 0.15) is 5.75 Å². The molecule has 0 aromatic heterocycles. The standard InChI is InChI=1S/C17H11BrN2O/c1-21-17-6-5-12(9-16(17)18)7-15(11-20)14-4-2-3-13(8-14)10-19/h2-9H,1H3/b15-7-. The maximum absolute atomic E-state index is 9.34. The summed E-state index contributed by atoms with van der Waals surface area (Å²) in [7, 11) is 1.60. The molecule has 2 aromatic carbocycles. The Hall–Kier alpha value is -2.56. The van der Waals surface area contributed by atoms with Crippen molar-refractivity contribution >= 4 is 27.6 Å². The van der Waals surface area contributed by atoms with Crippen LogP contribution < -0.4 is 4.74 Å². The molecule has 0 aliphatic rings. The molecular formula is C17H11BrN2O. The second-order valence-electron chi connectivity index (χ2n) is 4.26. The van der Waals surface area contributed by atoms with Crippen molar-refractivity contribution in [3.63, 3.8) is 0 Å². The summed E-state index contributed by atoms with van der Waals surface area (Å²) in [5, 5.41) is 18.3. The largest absolute Gasteiger partial charge is 0.496 e. The van der Waals surface area contributed by atoms with Gasteiger partial charge in [0.25, 0.3) is 0 Å². The van der Waals surface area contributed by atoms with Crippen LogP contribution in [-0.4, -0.2) is 7.11 Å². The van der Waals surface area contributed by atoms with Gasteiger partial charge in [-0.2, -0.15) is 10.5 Å². The third kappa shape index (κ3) is 3.51. The molecule has 0 spiro atoms. The van der Waals surface area contributed by atoms with E-state index in [1.54, 1.807) is 31.4 Å². The van der Waals surface area contributed by atoms with E-state index in [0.717, 1.165) is 21.3 Å². The number of nitrogens with zero attached hydrogens (tertiary/aromatic N) is 2. The predicted molar refractivity (Wildman–Crippen MR) is 85.3 cm³/mol. The number of methoxy groups -OCH3 is 1. The molecule has 0 amide bonds. The van der Waals surface area contributed by atoms with E-state index in [1.807, 2.05) is 24.3 Å². The smallest absolute Gasteiger partial charge is 0.133 e. The van der Waals surface area contributed by atoms with Crippen LogP contribution in [-0.2, 0) is 0 Å². The molecule has 21 heavy (non-hydrogen) atoms. The van der Waals surface area contributed by atoms with E-state index in [9.17, 15) is 5.26 Å². The van der Waals surface area contributed by atoms with Crippen LogP contribution in [0.4, 0.5) is 0 Å². The summed E-state index contributed by atoms with van der Waals surface area (Å²) < 4.78 is 6.00. The summed E-state index contributed by atoms with van der Waals surface area (Å²) in [5.74, 6) is 0.733. The molecule has 0 fully saturated rings. The minimum atomic E-state index is 0.504. The van der Waals surface area contributed by atoms with Gasteiger partial charge in [0.15, 0.2) is 0 Å². The van der Waals surface area contributed by atoms with Gasteiger partial charge < -0.3 is 4.74 Å². The molecule has 0 unspecified atom stereocenters. The SMILES string of the molecule is COc1ccc(/C=C(/C#N)c2cccc(C#N)c2)cc1Br. The highest BCUT2D eigenvalue weighted by Gasteiger charge is 2.04. The number of benzene rings is 2. The zero-order chi connectivity index (χ0) is 15.2. The third-order valence-corrected chi connectivity index (χ3v) is 3.53. The summed E-state index contributed by atoms with van der Waals surface area (Å²) in [6.07, 6.45) is 1.78. The van der Waals surface area contributed by atoms with Gasteiger partial charge in [-0.1, -0.05) is 18.2 Å². The minimum absolute atomic E-state index is 0.504. The Morgan fingerprint density at radius 3 is 2.62 bits per heavy atom. The lowest BCUT2D eigenvalue weighted by molar-refractivity contribution is 0.412. The van der Waals surface area contributed by atoms with Gasteiger partial charge in [-0.05, 0) is 57.4 Å². The summed E-state index contributed by atoms with van der Waals surface area (Å²) in [4.78, 5) is 0. The lowest BCUT2D eigenvalue weighted by Gasteiger charge is -2.04. The first-order chi connectivity index (χ1) is 10.2. The molecule has 0 saturated carbocycles. The minimum Gasteiger partial charge on any atom is -0.496 e. The van der Waals surface area contributed by atoms with Crippen molar-refractivity contribution in [3.05, 3.63) is 63.6 Å². The topological polar surface area (TPSA) is 56.8 Å². The van der Waals surface area contributed by atoms with E-state index < -0.39 is 0 Å². The normalized spacial score (nSPS) is 10.6. The predicted octanol–water partition coefficient (Wildman–Crippen LogP) is 4.39. The fraction of sp³-hybridized carbons (Fsp3) is 0.0588. The van der Waals surface area contributed by atoms with Gasteiger partial charge >= 0.3 is 0 Å². The third-order valence-electron chi connectivity index (χ3n) is 2.91. The van der Waals surface area contributed by atoms with Crippen LogP contribution >= 0.6 is 15.9 Å². The molecule has 0 atom stereocenters. The van der Waals surface area contributed by atoms with Crippen LogP contribution in [0, 0.1) is 22.7 Å². The van der Waals surface area contributed by atoms with Crippen molar-refractivity contribution in [1.29, 1.82) is 10.5 Å². The van der Waals surface area contributed by atoms with E-state index in [2.05, 4.69) is 28.1 Å². The molecule has 0 aliphatic carbocycles. The van der Waals surface area contributed by atoms with Gasteiger partial charge in [0.2, 0.25) is 0 Å². The van der Waals surface area contributed by atoms with Crippen LogP contribution in [0.15, 0.2) is 46.9 Å². The first-order valence-corrected chi connectivity index (χ1v) is 6.93. The van der Waals surface area contributed by atoms with Crippen LogP contribution in [0.3, 0.4) is 0 Å². The molecule has 0 N–H and O–H groups in total. The molecule has 0 bridgehead atoms. The molecular weight excluding hydrogens is 328 g/mol. The molecule has 2 rings (SSSR count). The second kappa shape index (κ2) is 6.74. The fourth-order valence-electron chi connectivity index (χ4n) is 1.88. The second-order valence-corrected chi connectivity index (χ2v) is 5.11. The number of ether oxygens (including phenoxy) is 1. The van der Waals surface area contributed by atoms with E-state index in [-0.39, 0.29) is 0 Å². The van der Waals surface area contributed by atoms with Crippen LogP contribution in [0.2, 0.25) is 0 Å². The molecule has 2 aromatic rings. The average molecular weight is 339 g/mol. The quantitative estimate of drug-likeness (QED) is 0.615. The Kier molecular flexibility index (Phi) is 4.77. The first kappa shape index (κ1) is 14.8. The zero-order valence-corrected chi connectivity index (χ0v) is 12.9. The maximum atomic E-state index is 9.34. The van der Waals surface area contributed by atoms with E-state index >= 15 is 0 Å². The lowest BCUT2D eigenvalue weighted by Crippen LogP contribution is -1.86. The van der Waals surface area contributed by atoms with Crippen molar-refractivity contribution in [2.75, 3.05) is 7.11 Å². The van der Waals surface area contributed by atoms with Crippen LogP contribution in [0.1, 0.15) is 16.7 Å². The molecule has 0 radical (unpaired) electrons. The zero-order valence-electron chi connectivity index (χ0n) is 11.3. The van der Waals surface area contributed by atoms with E-state index in [1.165, 1.54) is 0 Å². The highest BCUT2D eigenvalue weighted by molar-refractivity contribution is 9.10. The first-order valence-electron chi connectivity index (χ1n) is 6.14. The molecule has 4 heteroatoms. The Morgan fingerprint density at radius 1 is 1.19 bits per heavy atom.